The van der Waals surface area contributed by atoms with E-state index in [0.29, 0.717) is 29.9 Å². The highest BCUT2D eigenvalue weighted by molar-refractivity contribution is 6.32. The highest BCUT2D eigenvalue weighted by Gasteiger charge is 2.25. The van der Waals surface area contributed by atoms with E-state index in [4.69, 9.17) is 26.8 Å². The van der Waals surface area contributed by atoms with Gasteiger partial charge in [-0.25, -0.2) is 0 Å². The summed E-state index contributed by atoms with van der Waals surface area (Å²) in [6, 6.07) is 4.29. The topological polar surface area (TPSA) is 47.7 Å². The lowest BCUT2D eigenvalue weighted by molar-refractivity contribution is 0.171. The first-order valence-electron chi connectivity index (χ1n) is 7.19. The monoisotopic (exact) mass is 296 g/mol. The van der Waals surface area contributed by atoms with Crippen molar-refractivity contribution in [1.82, 2.24) is 4.90 Å². The summed E-state index contributed by atoms with van der Waals surface area (Å²) in [6.07, 6.45) is 1.18. The zero-order chi connectivity index (χ0) is 14.1. The van der Waals surface area contributed by atoms with Gasteiger partial charge in [0.05, 0.1) is 5.02 Å². The number of likely N-dealkylation sites (tertiary alicyclic amines) is 1. The SMILES string of the molecule is CC(N)C1CCN(Cc2cc(Cl)c3c(c2)OCCO3)C1. The van der Waals surface area contributed by atoms with Crippen LogP contribution in [0.4, 0.5) is 0 Å². The van der Waals surface area contributed by atoms with E-state index in [2.05, 4.69) is 11.8 Å². The van der Waals surface area contributed by atoms with Crippen LogP contribution in [0.2, 0.25) is 5.02 Å². The second kappa shape index (κ2) is 5.80. The second-order valence-corrected chi connectivity index (χ2v) is 6.15. The van der Waals surface area contributed by atoms with Gasteiger partial charge in [-0.1, -0.05) is 11.6 Å². The molecular formula is C15H21ClN2O2. The van der Waals surface area contributed by atoms with Crippen molar-refractivity contribution in [3.8, 4) is 11.5 Å². The van der Waals surface area contributed by atoms with Crippen LogP contribution < -0.4 is 15.2 Å². The summed E-state index contributed by atoms with van der Waals surface area (Å²) >= 11 is 6.27. The van der Waals surface area contributed by atoms with Crippen molar-refractivity contribution in [2.45, 2.75) is 25.9 Å². The summed E-state index contributed by atoms with van der Waals surface area (Å²) in [6.45, 7) is 6.29. The third kappa shape index (κ3) is 2.87. The predicted octanol–water partition coefficient (Wildman–Crippen LogP) is 2.28. The van der Waals surface area contributed by atoms with Crippen molar-refractivity contribution in [3.63, 3.8) is 0 Å². The highest BCUT2D eigenvalue weighted by atomic mass is 35.5. The van der Waals surface area contributed by atoms with Gasteiger partial charge in [0.1, 0.15) is 13.2 Å². The lowest BCUT2D eigenvalue weighted by Gasteiger charge is -2.22. The molecule has 1 aromatic carbocycles. The maximum absolute atomic E-state index is 6.27. The molecule has 2 heterocycles. The number of fused-ring (bicyclic) bond motifs is 1. The van der Waals surface area contributed by atoms with Gasteiger partial charge in [0.15, 0.2) is 11.5 Å². The molecule has 20 heavy (non-hydrogen) atoms. The molecule has 2 N–H and O–H groups in total. The van der Waals surface area contributed by atoms with Crippen LogP contribution in [0.1, 0.15) is 18.9 Å². The molecule has 2 aliphatic heterocycles. The van der Waals surface area contributed by atoms with Crippen molar-refractivity contribution in [2.75, 3.05) is 26.3 Å². The third-order valence-corrected chi connectivity index (χ3v) is 4.40. The molecule has 0 radical (unpaired) electrons. The van der Waals surface area contributed by atoms with Crippen LogP contribution in [0.25, 0.3) is 0 Å². The van der Waals surface area contributed by atoms with Crippen molar-refractivity contribution in [1.29, 1.82) is 0 Å². The van der Waals surface area contributed by atoms with Crippen molar-refractivity contribution < 1.29 is 9.47 Å². The lowest BCUT2D eigenvalue weighted by atomic mass is 10.0. The molecule has 4 nitrogen and oxygen atoms in total. The standard InChI is InChI=1S/C15H21ClN2O2/c1-10(17)12-2-3-18(9-12)8-11-6-13(16)15-14(7-11)19-4-5-20-15/h6-7,10,12H,2-5,8-9,17H2,1H3. The molecule has 0 amide bonds. The van der Waals surface area contributed by atoms with E-state index >= 15 is 0 Å². The van der Waals surface area contributed by atoms with E-state index in [1.807, 2.05) is 12.1 Å². The second-order valence-electron chi connectivity index (χ2n) is 5.74. The molecule has 0 aromatic heterocycles. The van der Waals surface area contributed by atoms with Gasteiger partial charge in [0.2, 0.25) is 0 Å². The van der Waals surface area contributed by atoms with E-state index in [0.717, 1.165) is 25.4 Å². The molecule has 0 spiro atoms. The molecule has 1 saturated heterocycles. The Labute approximate surface area is 124 Å². The molecule has 1 fully saturated rings. The number of hydrogen-bond donors (Lipinski definition) is 1. The Balaban J connectivity index is 1.71. The van der Waals surface area contributed by atoms with Crippen LogP contribution in [0.3, 0.4) is 0 Å². The third-order valence-electron chi connectivity index (χ3n) is 4.12. The summed E-state index contributed by atoms with van der Waals surface area (Å²) in [5.41, 5.74) is 7.16. The van der Waals surface area contributed by atoms with Gasteiger partial charge < -0.3 is 15.2 Å². The number of benzene rings is 1. The molecule has 0 saturated carbocycles. The Morgan fingerprint density at radius 3 is 2.95 bits per heavy atom. The normalized spacial score (nSPS) is 23.9. The molecule has 2 aliphatic rings. The number of rotatable bonds is 3. The quantitative estimate of drug-likeness (QED) is 0.930. The fourth-order valence-electron chi connectivity index (χ4n) is 2.95. The molecule has 0 bridgehead atoms. The van der Waals surface area contributed by atoms with E-state index in [-0.39, 0.29) is 6.04 Å². The van der Waals surface area contributed by atoms with Crippen molar-refractivity contribution in [3.05, 3.63) is 22.7 Å². The van der Waals surface area contributed by atoms with E-state index in [1.165, 1.54) is 12.0 Å². The first-order valence-corrected chi connectivity index (χ1v) is 7.57. The number of nitrogens with zero attached hydrogens (tertiary/aromatic N) is 1. The minimum atomic E-state index is 0.267. The first kappa shape index (κ1) is 14.0. The molecule has 110 valence electrons. The Morgan fingerprint density at radius 1 is 1.40 bits per heavy atom. The van der Waals surface area contributed by atoms with E-state index in [9.17, 15) is 0 Å². The van der Waals surface area contributed by atoms with Gasteiger partial charge in [0, 0.05) is 19.1 Å². The molecular weight excluding hydrogens is 276 g/mol. The zero-order valence-corrected chi connectivity index (χ0v) is 12.5. The van der Waals surface area contributed by atoms with Gasteiger partial charge >= 0.3 is 0 Å². The number of halogens is 1. The summed E-state index contributed by atoms with van der Waals surface area (Å²) in [5, 5.41) is 0.639. The molecule has 3 rings (SSSR count). The number of hydrogen-bond acceptors (Lipinski definition) is 4. The van der Waals surface area contributed by atoms with E-state index < -0.39 is 0 Å². The van der Waals surface area contributed by atoms with E-state index in [1.54, 1.807) is 0 Å². The van der Waals surface area contributed by atoms with Gasteiger partial charge in [-0.05, 0) is 43.5 Å². The van der Waals surface area contributed by atoms with Crippen molar-refractivity contribution >= 4 is 11.6 Å². The average Bonchev–Trinajstić information content (AvgIpc) is 2.87. The first-order chi connectivity index (χ1) is 9.63. The number of nitrogens with two attached hydrogens (primary N) is 1. The van der Waals surface area contributed by atoms with Crippen LogP contribution in [-0.2, 0) is 6.54 Å². The Hall–Kier alpha value is -0.970. The summed E-state index contributed by atoms with van der Waals surface area (Å²) < 4.78 is 11.2. The molecule has 5 heteroatoms. The smallest absolute Gasteiger partial charge is 0.179 e. The fourth-order valence-corrected chi connectivity index (χ4v) is 3.24. The zero-order valence-electron chi connectivity index (χ0n) is 11.8. The van der Waals surface area contributed by atoms with Gasteiger partial charge in [-0.2, -0.15) is 0 Å². The van der Waals surface area contributed by atoms with Crippen LogP contribution in [0.5, 0.6) is 11.5 Å². The Bertz CT molecular complexity index is 493. The van der Waals surface area contributed by atoms with Crippen LogP contribution in [0, 0.1) is 5.92 Å². The summed E-state index contributed by atoms with van der Waals surface area (Å²) in [5.74, 6) is 2.04. The Morgan fingerprint density at radius 2 is 2.20 bits per heavy atom. The summed E-state index contributed by atoms with van der Waals surface area (Å²) in [4.78, 5) is 2.43. The minimum absolute atomic E-state index is 0.267. The predicted molar refractivity (Wildman–Crippen MR) is 79.5 cm³/mol. The average molecular weight is 297 g/mol. The maximum Gasteiger partial charge on any atom is 0.179 e. The molecule has 0 aliphatic carbocycles. The summed E-state index contributed by atoms with van der Waals surface area (Å²) in [7, 11) is 0. The highest BCUT2D eigenvalue weighted by Crippen LogP contribution is 2.38. The van der Waals surface area contributed by atoms with Crippen LogP contribution in [-0.4, -0.2) is 37.2 Å². The van der Waals surface area contributed by atoms with Gasteiger partial charge in [-0.3, -0.25) is 4.90 Å². The number of ether oxygens (including phenoxy) is 2. The van der Waals surface area contributed by atoms with Crippen LogP contribution >= 0.6 is 11.6 Å². The molecule has 2 atom stereocenters. The molecule has 2 unspecified atom stereocenters. The van der Waals surface area contributed by atoms with Crippen LogP contribution in [0.15, 0.2) is 12.1 Å². The fraction of sp³-hybridized carbons (Fsp3) is 0.600. The largest absolute Gasteiger partial charge is 0.486 e. The minimum Gasteiger partial charge on any atom is -0.486 e. The Kier molecular flexibility index (Phi) is 4.06. The maximum atomic E-state index is 6.27. The van der Waals surface area contributed by atoms with Crippen molar-refractivity contribution in [2.24, 2.45) is 11.7 Å². The van der Waals surface area contributed by atoms with Gasteiger partial charge in [0.25, 0.3) is 0 Å². The molecule has 1 aromatic rings. The van der Waals surface area contributed by atoms with Gasteiger partial charge in [-0.15, -0.1) is 0 Å². The lowest BCUT2D eigenvalue weighted by Crippen LogP contribution is -2.29.